The number of benzene rings is 1. The Morgan fingerprint density at radius 1 is 1.33 bits per heavy atom. The molecule has 0 fully saturated rings. The van der Waals surface area contributed by atoms with Crippen molar-refractivity contribution in [3.05, 3.63) is 23.8 Å². The van der Waals surface area contributed by atoms with E-state index in [0.717, 1.165) is 5.56 Å². The number of carboxylic acid groups (broad SMARTS) is 1. The number of carboxylic acids is 1. The number of nitrogen functional groups attached to an aromatic ring is 1. The number of nitrogens with two attached hydrogens (primary N) is 1. The Hall–Kier alpha value is -2.44. The van der Waals surface area contributed by atoms with Crippen LogP contribution in [0.3, 0.4) is 0 Å². The highest BCUT2D eigenvalue weighted by atomic mass is 16.6. The van der Waals surface area contributed by atoms with E-state index in [4.69, 9.17) is 15.6 Å². The van der Waals surface area contributed by atoms with Crippen molar-refractivity contribution in [2.24, 2.45) is 5.92 Å². The number of phenols is 1. The van der Waals surface area contributed by atoms with Crippen molar-refractivity contribution < 1.29 is 24.5 Å². The van der Waals surface area contributed by atoms with E-state index in [2.05, 4.69) is 5.32 Å². The van der Waals surface area contributed by atoms with Crippen LogP contribution in [0.2, 0.25) is 0 Å². The SMILES string of the molecule is C[C@@H](C[C@H](Cc1ccc(O)c(N)c1)NC(=O)OC(C)(C)C)C(=O)O. The van der Waals surface area contributed by atoms with Crippen LogP contribution < -0.4 is 11.1 Å². The van der Waals surface area contributed by atoms with Crippen molar-refractivity contribution in [3.63, 3.8) is 0 Å². The lowest BCUT2D eigenvalue weighted by Crippen LogP contribution is -2.41. The van der Waals surface area contributed by atoms with Gasteiger partial charge in [0.15, 0.2) is 0 Å². The van der Waals surface area contributed by atoms with Gasteiger partial charge in [-0.3, -0.25) is 4.79 Å². The normalized spacial score (nSPS) is 13.8. The van der Waals surface area contributed by atoms with Gasteiger partial charge in [-0.15, -0.1) is 0 Å². The number of phenolic OH excluding ortho intramolecular Hbond substituents is 1. The van der Waals surface area contributed by atoms with Gasteiger partial charge >= 0.3 is 12.1 Å². The summed E-state index contributed by atoms with van der Waals surface area (Å²) in [6.45, 7) is 6.84. The molecule has 0 aliphatic carbocycles. The number of amides is 1. The first-order valence-electron chi connectivity index (χ1n) is 7.77. The molecule has 2 atom stereocenters. The highest BCUT2D eigenvalue weighted by Crippen LogP contribution is 2.22. The van der Waals surface area contributed by atoms with Crippen LogP contribution in [-0.4, -0.2) is 33.9 Å². The molecule has 1 aromatic rings. The maximum Gasteiger partial charge on any atom is 0.407 e. The molecule has 24 heavy (non-hydrogen) atoms. The molecule has 0 saturated heterocycles. The average molecular weight is 338 g/mol. The molecule has 0 unspecified atom stereocenters. The molecule has 1 rings (SSSR count). The number of rotatable bonds is 6. The van der Waals surface area contributed by atoms with Crippen molar-refractivity contribution in [1.82, 2.24) is 5.32 Å². The standard InChI is InChI=1S/C17H26N2O5/c1-10(15(21)22)7-12(19-16(23)24-17(2,3)4)8-11-5-6-14(20)13(18)9-11/h5-6,9-10,12,20H,7-8,18H2,1-4H3,(H,19,23)(H,21,22)/t10-,12+/m0/s1. The van der Waals surface area contributed by atoms with E-state index in [-0.39, 0.29) is 17.9 Å². The first-order chi connectivity index (χ1) is 11.0. The summed E-state index contributed by atoms with van der Waals surface area (Å²) in [5.41, 5.74) is 6.04. The molecule has 0 spiro atoms. The van der Waals surface area contributed by atoms with Crippen LogP contribution in [0.25, 0.3) is 0 Å². The van der Waals surface area contributed by atoms with Crippen molar-refractivity contribution >= 4 is 17.7 Å². The monoisotopic (exact) mass is 338 g/mol. The van der Waals surface area contributed by atoms with Crippen molar-refractivity contribution in [3.8, 4) is 5.75 Å². The largest absolute Gasteiger partial charge is 0.506 e. The molecule has 7 heteroatoms. The first kappa shape index (κ1) is 19.6. The second-order valence-electron chi connectivity index (χ2n) is 6.92. The average Bonchev–Trinajstić information content (AvgIpc) is 2.40. The van der Waals surface area contributed by atoms with Gasteiger partial charge < -0.3 is 26.0 Å². The highest BCUT2D eigenvalue weighted by molar-refractivity contribution is 5.70. The van der Waals surface area contributed by atoms with Crippen molar-refractivity contribution in [1.29, 1.82) is 0 Å². The van der Waals surface area contributed by atoms with Crippen LogP contribution in [0.15, 0.2) is 18.2 Å². The summed E-state index contributed by atoms with van der Waals surface area (Å²) in [5.74, 6) is -1.58. The molecule has 1 aromatic carbocycles. The van der Waals surface area contributed by atoms with Gasteiger partial charge in [0, 0.05) is 6.04 Å². The zero-order valence-corrected chi connectivity index (χ0v) is 14.5. The smallest absolute Gasteiger partial charge is 0.407 e. The Labute approximate surface area is 141 Å². The van der Waals surface area contributed by atoms with Gasteiger partial charge in [-0.1, -0.05) is 13.0 Å². The number of aliphatic carboxylic acids is 1. The topological polar surface area (TPSA) is 122 Å². The maximum atomic E-state index is 12.0. The Balaban J connectivity index is 2.85. The number of carbonyl (C=O) groups excluding carboxylic acids is 1. The molecular formula is C17H26N2O5. The predicted molar refractivity (Wildman–Crippen MR) is 90.8 cm³/mol. The zero-order chi connectivity index (χ0) is 18.5. The quantitative estimate of drug-likeness (QED) is 0.467. The van der Waals surface area contributed by atoms with E-state index in [1.165, 1.54) is 6.07 Å². The first-order valence-corrected chi connectivity index (χ1v) is 7.77. The van der Waals surface area contributed by atoms with Crippen LogP contribution >= 0.6 is 0 Å². The summed E-state index contributed by atoms with van der Waals surface area (Å²) < 4.78 is 5.23. The summed E-state index contributed by atoms with van der Waals surface area (Å²) in [6, 6.07) is 4.32. The Bertz CT molecular complexity index is 595. The van der Waals surface area contributed by atoms with Crippen LogP contribution in [-0.2, 0) is 16.0 Å². The minimum absolute atomic E-state index is 0.0192. The third-order valence-corrected chi connectivity index (χ3v) is 3.35. The molecule has 0 bridgehead atoms. The lowest BCUT2D eigenvalue weighted by molar-refractivity contribution is -0.141. The fourth-order valence-corrected chi connectivity index (χ4v) is 2.21. The molecule has 1 amide bonds. The summed E-state index contributed by atoms with van der Waals surface area (Å²) in [5, 5.41) is 21.3. The molecule has 5 N–H and O–H groups in total. The molecule has 0 aromatic heterocycles. The highest BCUT2D eigenvalue weighted by Gasteiger charge is 2.23. The summed E-state index contributed by atoms with van der Waals surface area (Å²) in [6.07, 6.45) is 0.0216. The molecule has 0 saturated carbocycles. The molecule has 0 radical (unpaired) electrons. The van der Waals surface area contributed by atoms with Gasteiger partial charge in [0.05, 0.1) is 11.6 Å². The number of nitrogens with one attached hydrogen (secondary N) is 1. The Morgan fingerprint density at radius 2 is 1.96 bits per heavy atom. The van der Waals surface area contributed by atoms with Crippen LogP contribution in [0.5, 0.6) is 5.75 Å². The lowest BCUT2D eigenvalue weighted by Gasteiger charge is -2.25. The minimum atomic E-state index is -0.934. The third kappa shape index (κ3) is 6.76. The van der Waals surface area contributed by atoms with Gasteiger partial charge in [0.2, 0.25) is 0 Å². The number of ether oxygens (including phenoxy) is 1. The third-order valence-electron chi connectivity index (χ3n) is 3.35. The molecule has 0 aliphatic heterocycles. The van der Waals surface area contributed by atoms with Crippen LogP contribution in [0.1, 0.15) is 39.7 Å². The molecule has 134 valence electrons. The van der Waals surface area contributed by atoms with E-state index >= 15 is 0 Å². The van der Waals surface area contributed by atoms with Gasteiger partial charge in [0.25, 0.3) is 0 Å². The number of carbonyl (C=O) groups is 2. The maximum absolute atomic E-state index is 12.0. The lowest BCUT2D eigenvalue weighted by atomic mass is 9.96. The predicted octanol–water partition coefficient (Wildman–Crippen LogP) is 2.52. The van der Waals surface area contributed by atoms with Crippen LogP contribution in [0.4, 0.5) is 10.5 Å². The van der Waals surface area contributed by atoms with E-state index in [0.29, 0.717) is 6.42 Å². The minimum Gasteiger partial charge on any atom is -0.506 e. The fourth-order valence-electron chi connectivity index (χ4n) is 2.21. The second-order valence-corrected chi connectivity index (χ2v) is 6.92. The van der Waals surface area contributed by atoms with E-state index in [1.54, 1.807) is 39.8 Å². The molecule has 0 aliphatic rings. The van der Waals surface area contributed by atoms with E-state index in [1.807, 2.05) is 0 Å². The molecule has 0 heterocycles. The van der Waals surface area contributed by atoms with Crippen molar-refractivity contribution in [2.75, 3.05) is 5.73 Å². The van der Waals surface area contributed by atoms with Crippen LogP contribution in [0, 0.1) is 5.92 Å². The summed E-state index contributed by atoms with van der Waals surface area (Å²) in [7, 11) is 0. The Kier molecular flexibility index (Phi) is 6.45. The fraction of sp³-hybridized carbons (Fsp3) is 0.529. The molecule has 7 nitrogen and oxygen atoms in total. The summed E-state index contributed by atoms with van der Waals surface area (Å²) in [4.78, 5) is 23.1. The van der Waals surface area contributed by atoms with Gasteiger partial charge in [0.1, 0.15) is 11.4 Å². The number of hydrogen-bond donors (Lipinski definition) is 4. The van der Waals surface area contributed by atoms with E-state index in [9.17, 15) is 14.7 Å². The van der Waals surface area contributed by atoms with Gasteiger partial charge in [-0.2, -0.15) is 0 Å². The van der Waals surface area contributed by atoms with E-state index < -0.39 is 29.6 Å². The van der Waals surface area contributed by atoms with Gasteiger partial charge in [-0.25, -0.2) is 4.79 Å². The number of anilines is 1. The number of aromatic hydroxyl groups is 1. The molecular weight excluding hydrogens is 312 g/mol. The second kappa shape index (κ2) is 7.90. The zero-order valence-electron chi connectivity index (χ0n) is 14.5. The number of hydrogen-bond acceptors (Lipinski definition) is 5. The van der Waals surface area contributed by atoms with Gasteiger partial charge in [-0.05, 0) is 51.3 Å². The number of alkyl carbamates (subject to hydrolysis) is 1. The van der Waals surface area contributed by atoms with Crippen molar-refractivity contribution in [2.45, 2.75) is 52.2 Å². The summed E-state index contributed by atoms with van der Waals surface area (Å²) >= 11 is 0. The Morgan fingerprint density at radius 3 is 2.46 bits per heavy atom.